The smallest absolute Gasteiger partial charge is 0.292 e. The van der Waals surface area contributed by atoms with E-state index in [2.05, 4.69) is 5.16 Å². The molecule has 7 nitrogen and oxygen atoms in total. The molecule has 1 saturated heterocycles. The molecule has 2 aliphatic rings. The molecule has 0 N–H and O–H groups in total. The average Bonchev–Trinajstić information content (AvgIpc) is 3.46. The molecule has 2 aromatic carbocycles. The monoisotopic (exact) mass is 409 g/mol. The number of carbonyl (C=O) groups excluding carboxylic acids is 1. The molecule has 1 fully saturated rings. The second kappa shape index (κ2) is 6.53. The summed E-state index contributed by atoms with van der Waals surface area (Å²) in [6.07, 6.45) is 1.95. The summed E-state index contributed by atoms with van der Waals surface area (Å²) in [4.78, 5) is 14.8. The maximum absolute atomic E-state index is 13.4. The van der Waals surface area contributed by atoms with Crippen LogP contribution in [-0.4, -0.2) is 41.8 Å². The van der Waals surface area contributed by atoms with Crippen LogP contribution in [0, 0.1) is 0 Å². The summed E-state index contributed by atoms with van der Waals surface area (Å²) in [7, 11) is -3.68. The number of benzene rings is 2. The van der Waals surface area contributed by atoms with E-state index in [9.17, 15) is 13.2 Å². The van der Waals surface area contributed by atoms with Gasteiger partial charge in [0, 0.05) is 25.7 Å². The van der Waals surface area contributed by atoms with Crippen molar-refractivity contribution in [3.8, 4) is 0 Å². The molecule has 1 unspecified atom stereocenters. The highest BCUT2D eigenvalue weighted by Gasteiger charge is 2.57. The molecule has 3 aromatic rings. The lowest BCUT2D eigenvalue weighted by molar-refractivity contribution is 0.0721. The van der Waals surface area contributed by atoms with Gasteiger partial charge >= 0.3 is 0 Å². The van der Waals surface area contributed by atoms with Crippen molar-refractivity contribution in [1.82, 2.24) is 14.4 Å². The Bertz CT molecular complexity index is 1160. The molecule has 1 spiro atoms. The number of carbonyl (C=O) groups is 1. The maximum atomic E-state index is 13.4. The lowest BCUT2D eigenvalue weighted by atomic mass is 9.88. The second-order valence-electron chi connectivity index (χ2n) is 7.38. The van der Waals surface area contributed by atoms with Crippen LogP contribution in [0.25, 0.3) is 0 Å². The van der Waals surface area contributed by atoms with Crippen LogP contribution in [0.5, 0.6) is 0 Å². The zero-order valence-electron chi connectivity index (χ0n) is 15.6. The van der Waals surface area contributed by atoms with Crippen molar-refractivity contribution in [2.24, 2.45) is 0 Å². The van der Waals surface area contributed by atoms with Crippen molar-refractivity contribution in [2.75, 3.05) is 13.1 Å². The van der Waals surface area contributed by atoms with Gasteiger partial charge in [-0.3, -0.25) is 4.79 Å². The molecule has 0 radical (unpaired) electrons. The third-order valence-electron chi connectivity index (χ3n) is 5.79. The van der Waals surface area contributed by atoms with Crippen molar-refractivity contribution in [3.05, 3.63) is 83.7 Å². The molecule has 3 heterocycles. The third kappa shape index (κ3) is 2.71. The van der Waals surface area contributed by atoms with Crippen LogP contribution < -0.4 is 0 Å². The molecule has 1 amide bonds. The van der Waals surface area contributed by atoms with Crippen LogP contribution in [0.3, 0.4) is 0 Å². The standard InChI is InChI=1S/C21H19N3O4S/c25-20(18-10-12-22-28-18)23-13-11-21(15-23)17-8-4-5-9-19(17)29(26,27)24(21)14-16-6-2-1-3-7-16/h1-10,12H,11,13-15H2. The number of hydrogen-bond acceptors (Lipinski definition) is 5. The largest absolute Gasteiger partial charge is 0.351 e. The first kappa shape index (κ1) is 18.1. The Labute approximate surface area is 168 Å². The van der Waals surface area contributed by atoms with Crippen LogP contribution in [-0.2, 0) is 22.1 Å². The second-order valence-corrected chi connectivity index (χ2v) is 9.21. The number of likely N-dealkylation sites (tertiary alicyclic amines) is 1. The number of hydrogen-bond donors (Lipinski definition) is 0. The Morgan fingerprint density at radius 3 is 2.59 bits per heavy atom. The van der Waals surface area contributed by atoms with Crippen LogP contribution in [0.4, 0.5) is 0 Å². The maximum Gasteiger partial charge on any atom is 0.292 e. The predicted molar refractivity (Wildman–Crippen MR) is 104 cm³/mol. The molecule has 2 aliphatic heterocycles. The van der Waals surface area contributed by atoms with Gasteiger partial charge in [0.1, 0.15) is 0 Å². The molecule has 8 heteroatoms. The van der Waals surface area contributed by atoms with Gasteiger partial charge in [-0.2, -0.15) is 4.31 Å². The highest BCUT2D eigenvalue weighted by Crippen LogP contribution is 2.50. The molecule has 5 rings (SSSR count). The SMILES string of the molecule is O=C(c1ccno1)N1CCC2(C1)c1ccccc1S(=O)(=O)N2Cc1ccccc1. The topological polar surface area (TPSA) is 83.7 Å². The third-order valence-corrected chi connectivity index (χ3v) is 7.76. The van der Waals surface area contributed by atoms with Crippen molar-refractivity contribution < 1.29 is 17.7 Å². The highest BCUT2D eigenvalue weighted by molar-refractivity contribution is 7.89. The minimum absolute atomic E-state index is 0.158. The Balaban J connectivity index is 1.58. The molecule has 1 aromatic heterocycles. The van der Waals surface area contributed by atoms with Gasteiger partial charge in [0.15, 0.2) is 0 Å². The minimum atomic E-state index is -3.68. The van der Waals surface area contributed by atoms with Gasteiger partial charge in [-0.15, -0.1) is 0 Å². The number of rotatable bonds is 3. The molecular formula is C21H19N3O4S. The van der Waals surface area contributed by atoms with Gasteiger partial charge in [-0.25, -0.2) is 8.42 Å². The molecule has 29 heavy (non-hydrogen) atoms. The summed E-state index contributed by atoms with van der Waals surface area (Å²) in [5.41, 5.74) is 0.869. The molecule has 1 atom stereocenters. The number of sulfonamides is 1. The molecule has 0 saturated carbocycles. The molecular weight excluding hydrogens is 390 g/mol. The quantitative estimate of drug-likeness (QED) is 0.664. The van der Waals surface area contributed by atoms with Gasteiger partial charge in [0.25, 0.3) is 5.91 Å². The highest BCUT2D eigenvalue weighted by atomic mass is 32.2. The van der Waals surface area contributed by atoms with E-state index in [4.69, 9.17) is 4.52 Å². The normalized spacial score (nSPS) is 22.8. The Morgan fingerprint density at radius 1 is 1.07 bits per heavy atom. The predicted octanol–water partition coefficient (Wildman–Crippen LogP) is 2.62. The van der Waals surface area contributed by atoms with Gasteiger partial charge in [-0.1, -0.05) is 53.7 Å². The molecule has 0 bridgehead atoms. The molecule has 0 aliphatic carbocycles. The van der Waals surface area contributed by atoms with Crippen LogP contribution in [0.2, 0.25) is 0 Å². The summed E-state index contributed by atoms with van der Waals surface area (Å²) in [5.74, 6) is -0.119. The van der Waals surface area contributed by atoms with Gasteiger partial charge < -0.3 is 9.42 Å². The fraction of sp³-hybridized carbons (Fsp3) is 0.238. The summed E-state index contributed by atoms with van der Waals surface area (Å²) < 4.78 is 33.5. The summed E-state index contributed by atoms with van der Waals surface area (Å²) in [6, 6.07) is 18.1. The first-order chi connectivity index (χ1) is 14.0. The number of aromatic nitrogens is 1. The first-order valence-electron chi connectivity index (χ1n) is 9.39. The van der Waals surface area contributed by atoms with E-state index in [1.54, 1.807) is 21.3 Å². The van der Waals surface area contributed by atoms with Crippen LogP contribution >= 0.6 is 0 Å². The van der Waals surface area contributed by atoms with Crippen molar-refractivity contribution >= 4 is 15.9 Å². The zero-order valence-corrected chi connectivity index (χ0v) is 16.4. The van der Waals surface area contributed by atoms with E-state index in [-0.39, 0.29) is 24.8 Å². The van der Waals surface area contributed by atoms with Crippen LogP contribution in [0.1, 0.15) is 28.1 Å². The fourth-order valence-corrected chi connectivity index (χ4v) is 6.47. The lowest BCUT2D eigenvalue weighted by Gasteiger charge is -2.34. The van der Waals surface area contributed by atoms with E-state index in [1.807, 2.05) is 42.5 Å². The minimum Gasteiger partial charge on any atom is -0.351 e. The number of fused-ring (bicyclic) bond motifs is 2. The van der Waals surface area contributed by atoms with E-state index >= 15 is 0 Å². The van der Waals surface area contributed by atoms with Crippen molar-refractivity contribution in [3.63, 3.8) is 0 Å². The Hall–Kier alpha value is -2.97. The fourth-order valence-electron chi connectivity index (χ4n) is 4.42. The summed E-state index contributed by atoms with van der Waals surface area (Å²) in [5, 5.41) is 3.60. The van der Waals surface area contributed by atoms with Gasteiger partial charge in [0.2, 0.25) is 15.8 Å². The number of nitrogens with zero attached hydrogens (tertiary/aromatic N) is 3. The number of amides is 1. The van der Waals surface area contributed by atoms with E-state index in [1.165, 1.54) is 12.3 Å². The van der Waals surface area contributed by atoms with Gasteiger partial charge in [-0.05, 0) is 23.6 Å². The summed E-state index contributed by atoms with van der Waals surface area (Å²) in [6.45, 7) is 0.965. The first-order valence-corrected chi connectivity index (χ1v) is 10.8. The van der Waals surface area contributed by atoms with E-state index in [0.29, 0.717) is 17.9 Å². The van der Waals surface area contributed by atoms with E-state index in [0.717, 1.165) is 11.1 Å². The Kier molecular flexibility index (Phi) is 4.07. The Morgan fingerprint density at radius 2 is 1.83 bits per heavy atom. The van der Waals surface area contributed by atoms with Crippen molar-refractivity contribution in [2.45, 2.75) is 23.4 Å². The van der Waals surface area contributed by atoms with E-state index < -0.39 is 15.6 Å². The van der Waals surface area contributed by atoms with Crippen LogP contribution in [0.15, 0.2) is 76.3 Å². The lowest BCUT2D eigenvalue weighted by Crippen LogP contribution is -2.46. The molecule has 148 valence electrons. The van der Waals surface area contributed by atoms with Crippen molar-refractivity contribution in [1.29, 1.82) is 0 Å². The van der Waals surface area contributed by atoms with Gasteiger partial charge in [0.05, 0.1) is 16.6 Å². The average molecular weight is 409 g/mol. The summed E-state index contributed by atoms with van der Waals surface area (Å²) >= 11 is 0. The zero-order chi connectivity index (χ0) is 20.1.